The summed E-state index contributed by atoms with van der Waals surface area (Å²) in [7, 11) is 0. The van der Waals surface area contributed by atoms with E-state index in [0.29, 0.717) is 80.4 Å². The Labute approximate surface area is 598 Å². The van der Waals surface area contributed by atoms with Crippen molar-refractivity contribution in [1.29, 1.82) is 0 Å². The highest BCUT2D eigenvalue weighted by atomic mass is 19.3. The Balaban J connectivity index is 0.000000178. The first-order valence-corrected chi connectivity index (χ1v) is 33.8. The molecule has 0 radical (unpaired) electrons. The van der Waals surface area contributed by atoms with Crippen molar-refractivity contribution in [3.8, 4) is 0 Å². The minimum absolute atomic E-state index is 0. The van der Waals surface area contributed by atoms with Gasteiger partial charge in [0.1, 0.15) is 23.3 Å². The van der Waals surface area contributed by atoms with E-state index in [9.17, 15) is 67.9 Å². The van der Waals surface area contributed by atoms with Crippen LogP contribution in [0.25, 0.3) is 0 Å². The molecular weight excluding hydrogens is 1370 g/mol. The molecular formula is C73H92F10N14O7. The molecule has 0 atom stereocenters. The number of ether oxygens (including phenoxy) is 1. The fourth-order valence-corrected chi connectivity index (χ4v) is 15.2. The molecule has 14 rings (SSSR count). The number of benzene rings is 1. The van der Waals surface area contributed by atoms with Crippen molar-refractivity contribution in [2.24, 2.45) is 27.4 Å². The average molecular weight is 1470 g/mol. The molecule has 9 heterocycles. The van der Waals surface area contributed by atoms with Crippen LogP contribution in [0.1, 0.15) is 154 Å². The third-order valence-corrected chi connectivity index (χ3v) is 20.6. The van der Waals surface area contributed by atoms with Crippen LogP contribution < -0.4 is 41.7 Å². The molecule has 8 aliphatic rings. The topological polar surface area (TPSA) is 274 Å². The zero-order valence-electron chi connectivity index (χ0n) is 55.7. The standard InChI is InChI=1S/C22H20F4N6O2.C18H22F2N2O3.C17H21F2N3O2.C13H17F2N3.3CH4/c23-15-3-1-13(9-16(15)24)29-20-31-30-19(34-20)18(33)28-14-2-4-17(27-10-14)32-7-5-21(6-8-32)11-22(25,26)12-21;1-2-25-16(24)14(23)9-13-3-4-15(21-10-13)22-7-5-17(6-8-22)11-18(19,20)12-17;18-17(19)10-16(11-17)3-5-22(6-4-16)15-2-1-12(9-21-15)7-13(23)14(24)8-20;14-13(15)8-12(9-13)3-5-18(6-4-12)11-2-1-10(16)7-17-11;;;/h1-4,9-10H,5-8,11-12H2,(H,28,33)(H,29,31);3-4,10H,2,5-9,11-12H2,1H3;1-2,9H,3-8,10-11,20H2;1-2,7H,3-6,8-9,16H2;3*1H4. The van der Waals surface area contributed by atoms with E-state index >= 15 is 0 Å². The van der Waals surface area contributed by atoms with Gasteiger partial charge in [-0.15, -0.1) is 5.10 Å². The first-order valence-electron chi connectivity index (χ1n) is 33.8. The summed E-state index contributed by atoms with van der Waals surface area (Å²) in [6.45, 7) is 7.33. The number of aromatic nitrogens is 6. The number of ketones is 3. The van der Waals surface area contributed by atoms with E-state index in [1.807, 2.05) is 23.1 Å². The molecule has 5 aromatic heterocycles. The van der Waals surface area contributed by atoms with Crippen molar-refractivity contribution in [2.45, 2.75) is 168 Å². The third-order valence-electron chi connectivity index (χ3n) is 20.6. The lowest BCUT2D eigenvalue weighted by molar-refractivity contribution is -0.169. The van der Waals surface area contributed by atoms with Crippen molar-refractivity contribution in [3.63, 3.8) is 0 Å². The summed E-state index contributed by atoms with van der Waals surface area (Å²) >= 11 is 0. The Bertz CT molecular complexity index is 3880. The van der Waals surface area contributed by atoms with Gasteiger partial charge in [-0.1, -0.05) is 39.5 Å². The number of nitrogen functional groups attached to an aromatic ring is 1. The smallest absolute Gasteiger partial charge is 0.374 e. The summed E-state index contributed by atoms with van der Waals surface area (Å²) in [6, 6.07) is 17.2. The molecule has 1 amide bonds. The number of Topliss-reactive ketones (excluding diaryl/α,β-unsaturated/α-hetero) is 3. The number of carbonyl (C=O) groups is 5. The summed E-state index contributed by atoms with van der Waals surface area (Å²) in [5.74, 6) is -12.3. The van der Waals surface area contributed by atoms with Gasteiger partial charge in [0.15, 0.2) is 11.6 Å². The minimum Gasteiger partial charge on any atom is -0.460 e. The van der Waals surface area contributed by atoms with Crippen molar-refractivity contribution in [3.05, 3.63) is 120 Å². The van der Waals surface area contributed by atoms with Crippen LogP contribution in [0.15, 0.2) is 95.9 Å². The molecule has 8 fully saturated rings. The summed E-state index contributed by atoms with van der Waals surface area (Å²) in [4.78, 5) is 83.9. The van der Waals surface area contributed by atoms with E-state index < -0.39 is 64.6 Å². The number of rotatable bonds is 16. The van der Waals surface area contributed by atoms with Crippen molar-refractivity contribution < 1.29 is 77.0 Å². The van der Waals surface area contributed by atoms with Crippen LogP contribution in [0.4, 0.5) is 90.3 Å². The lowest BCUT2D eigenvalue weighted by atomic mass is 9.61. The molecule has 1 aromatic carbocycles. The summed E-state index contributed by atoms with van der Waals surface area (Å²) in [5.41, 5.74) is 12.6. The number of amides is 1. The normalized spacial score (nSPS) is 20.3. The quantitative estimate of drug-likeness (QED) is 0.0398. The van der Waals surface area contributed by atoms with Gasteiger partial charge < -0.3 is 50.9 Å². The Hall–Kier alpha value is -9.03. The Morgan fingerprint density at radius 2 is 0.856 bits per heavy atom. The van der Waals surface area contributed by atoms with Gasteiger partial charge in [0, 0.05) is 141 Å². The average Bonchev–Trinajstić information content (AvgIpc) is 0.818. The van der Waals surface area contributed by atoms with Crippen LogP contribution in [-0.4, -0.2) is 149 Å². The highest BCUT2D eigenvalue weighted by Gasteiger charge is 2.60. The largest absolute Gasteiger partial charge is 0.460 e. The van der Waals surface area contributed by atoms with Crippen molar-refractivity contribution in [1.82, 2.24) is 30.1 Å². The van der Waals surface area contributed by atoms with Gasteiger partial charge in [-0.05, 0) is 140 Å². The maximum Gasteiger partial charge on any atom is 0.374 e. The van der Waals surface area contributed by atoms with Crippen LogP contribution in [0.5, 0.6) is 0 Å². The number of esters is 1. The maximum atomic E-state index is 13.3. The number of nitrogens with zero attached hydrogens (tertiary/aromatic N) is 10. The first-order chi connectivity index (χ1) is 47.8. The molecule has 4 saturated carbocycles. The first kappa shape index (κ1) is 80.7. The van der Waals surface area contributed by atoms with Gasteiger partial charge >= 0.3 is 23.8 Å². The third kappa shape index (κ3) is 20.1. The predicted octanol–water partition coefficient (Wildman–Crippen LogP) is 13.9. The lowest BCUT2D eigenvalue weighted by Gasteiger charge is -2.52. The number of anilines is 8. The SMILES string of the molecule is C.C.C.CCOC(=O)C(=O)Cc1ccc(N2CCC3(CC2)CC(F)(F)C3)nc1.NCC(=O)C(=O)Cc1ccc(N2CCC3(CC2)CC(F)(F)C3)nc1.Nc1ccc(N2CCC3(CC2)CC(F)(F)C3)nc1.O=C(Nc1ccc(N2CCC3(CC2)CC(F)(F)C3)nc1)c1nnc(Nc2ccc(F)c(F)c2)o1. The second-order valence-corrected chi connectivity index (χ2v) is 28.4. The fraction of sp³-hybridized carbons (Fsp3) is 0.548. The number of nitrogens with two attached hydrogens (primary N) is 2. The molecule has 6 aromatic rings. The van der Waals surface area contributed by atoms with E-state index in [4.69, 9.17) is 15.9 Å². The summed E-state index contributed by atoms with van der Waals surface area (Å²) < 4.78 is 141. The molecule has 4 aliphatic heterocycles. The Kier molecular flexibility index (Phi) is 25.2. The van der Waals surface area contributed by atoms with Gasteiger partial charge in [0.25, 0.3) is 0 Å². The zero-order valence-corrected chi connectivity index (χ0v) is 55.7. The molecule has 4 aliphatic carbocycles. The maximum absolute atomic E-state index is 13.3. The molecule has 31 heteroatoms. The van der Waals surface area contributed by atoms with Crippen LogP contribution in [0.3, 0.4) is 0 Å². The van der Waals surface area contributed by atoms with E-state index in [0.717, 1.165) is 81.2 Å². The molecule has 21 nitrogen and oxygen atoms in total. The second kappa shape index (κ2) is 32.5. The highest BCUT2D eigenvalue weighted by molar-refractivity contribution is 6.38. The van der Waals surface area contributed by atoms with Gasteiger partial charge in [-0.3, -0.25) is 19.2 Å². The Morgan fingerprint density at radius 3 is 1.19 bits per heavy atom. The molecule has 4 saturated heterocycles. The summed E-state index contributed by atoms with van der Waals surface area (Å²) in [5, 5.41) is 12.5. The monoisotopic (exact) mass is 1470 g/mol. The number of carbonyl (C=O) groups excluding carboxylic acids is 5. The van der Waals surface area contributed by atoms with E-state index in [1.165, 1.54) is 12.3 Å². The number of piperidine rings is 4. The zero-order chi connectivity index (χ0) is 72.2. The van der Waals surface area contributed by atoms with Crippen LogP contribution in [0.2, 0.25) is 0 Å². The number of nitrogens with one attached hydrogen (secondary N) is 2. The minimum atomic E-state index is -2.52. The van der Waals surface area contributed by atoms with Crippen LogP contribution in [0, 0.1) is 33.3 Å². The number of halogens is 10. The van der Waals surface area contributed by atoms with Gasteiger partial charge in [-0.25, -0.2) is 68.6 Å². The second-order valence-electron chi connectivity index (χ2n) is 28.4. The number of hydrogen-bond donors (Lipinski definition) is 4. The van der Waals surface area contributed by atoms with E-state index in [-0.39, 0.29) is 139 Å². The van der Waals surface area contributed by atoms with E-state index in [1.54, 1.807) is 55.8 Å². The van der Waals surface area contributed by atoms with Gasteiger partial charge in [-0.2, -0.15) is 0 Å². The number of hydrogen-bond acceptors (Lipinski definition) is 20. The van der Waals surface area contributed by atoms with Gasteiger partial charge in [0.05, 0.1) is 36.9 Å². The fourth-order valence-electron chi connectivity index (χ4n) is 15.2. The predicted molar refractivity (Wildman–Crippen MR) is 374 cm³/mol. The molecule has 104 heavy (non-hydrogen) atoms. The van der Waals surface area contributed by atoms with Crippen LogP contribution in [-0.2, 0) is 36.8 Å². The lowest BCUT2D eigenvalue weighted by Crippen LogP contribution is -2.52. The molecule has 0 unspecified atom stereocenters. The Morgan fingerprint density at radius 1 is 0.481 bits per heavy atom. The highest BCUT2D eigenvalue weighted by Crippen LogP contribution is 2.60. The molecule has 566 valence electrons. The van der Waals surface area contributed by atoms with E-state index in [2.05, 4.69) is 60.2 Å². The molecule has 6 N–H and O–H groups in total. The van der Waals surface area contributed by atoms with Crippen LogP contribution >= 0.6 is 0 Å². The summed E-state index contributed by atoms with van der Waals surface area (Å²) in [6.07, 6.45) is 12.5. The molecule has 4 spiro atoms. The van der Waals surface area contributed by atoms with Crippen molar-refractivity contribution in [2.75, 3.05) is 101 Å². The van der Waals surface area contributed by atoms with Crippen molar-refractivity contribution >= 4 is 75.6 Å². The van der Waals surface area contributed by atoms with Gasteiger partial charge in [0.2, 0.25) is 41.0 Å². The molecule has 0 bridgehead atoms. The number of pyridine rings is 4. The number of alkyl halides is 8.